The van der Waals surface area contributed by atoms with E-state index in [1.54, 1.807) is 12.1 Å². The smallest absolute Gasteiger partial charge is 0.229 e. The molecule has 7 nitrogen and oxygen atoms in total. The van der Waals surface area contributed by atoms with Gasteiger partial charge in [0.25, 0.3) is 0 Å². The van der Waals surface area contributed by atoms with Gasteiger partial charge in [-0.05, 0) is 24.5 Å². The molecule has 0 radical (unpaired) electrons. The number of hydrogen-bond acceptors (Lipinski definition) is 7. The van der Waals surface area contributed by atoms with Crippen molar-refractivity contribution >= 4 is 0 Å². The van der Waals surface area contributed by atoms with Gasteiger partial charge in [-0.2, -0.15) is 0 Å². The van der Waals surface area contributed by atoms with Crippen molar-refractivity contribution in [2.24, 2.45) is 0 Å². The molecule has 5 N–H and O–H groups in total. The number of benzene rings is 1. The predicted octanol–water partition coefficient (Wildman–Crippen LogP) is 4.20. The van der Waals surface area contributed by atoms with Crippen molar-refractivity contribution < 1.29 is 35.0 Å². The molecule has 0 bridgehead atoms. The molecule has 0 saturated carbocycles. The van der Waals surface area contributed by atoms with Crippen LogP contribution in [0, 0.1) is 0 Å². The fourth-order valence-electron chi connectivity index (χ4n) is 4.49. The van der Waals surface area contributed by atoms with Crippen molar-refractivity contribution in [1.29, 1.82) is 0 Å². The highest BCUT2D eigenvalue weighted by atomic mass is 16.7. The Balaban J connectivity index is 1.65. The van der Waals surface area contributed by atoms with Gasteiger partial charge in [0.2, 0.25) is 6.29 Å². The van der Waals surface area contributed by atoms with Crippen LogP contribution in [-0.4, -0.2) is 62.8 Å². The summed E-state index contributed by atoms with van der Waals surface area (Å²) in [6.07, 6.45) is 10.5. The number of hydrogen-bond donors (Lipinski definition) is 5. The fourth-order valence-corrected chi connectivity index (χ4v) is 4.49. The molecular formula is C27H46O7. The van der Waals surface area contributed by atoms with Crippen LogP contribution in [0.5, 0.6) is 11.5 Å². The molecule has 1 aromatic rings. The summed E-state index contributed by atoms with van der Waals surface area (Å²) < 4.78 is 11.0. The van der Waals surface area contributed by atoms with Crippen molar-refractivity contribution in [3.63, 3.8) is 0 Å². The molecule has 34 heavy (non-hydrogen) atoms. The molecule has 0 aliphatic carbocycles. The van der Waals surface area contributed by atoms with E-state index in [4.69, 9.17) is 9.47 Å². The van der Waals surface area contributed by atoms with Crippen LogP contribution in [0.1, 0.15) is 96.0 Å². The summed E-state index contributed by atoms with van der Waals surface area (Å²) in [5.41, 5.74) is 0.755. The Bertz CT molecular complexity index is 666. The lowest BCUT2D eigenvalue weighted by molar-refractivity contribution is -0.277. The zero-order valence-corrected chi connectivity index (χ0v) is 20.8. The molecule has 1 saturated heterocycles. The molecule has 1 aromatic carbocycles. The Morgan fingerprint density at radius 2 is 1.32 bits per heavy atom. The first kappa shape index (κ1) is 28.9. The zero-order chi connectivity index (χ0) is 24.8. The topological polar surface area (TPSA) is 120 Å². The third-order valence-electron chi connectivity index (χ3n) is 6.72. The maximum atomic E-state index is 10.6. The third kappa shape index (κ3) is 9.34. The first-order chi connectivity index (χ1) is 16.5. The summed E-state index contributed by atoms with van der Waals surface area (Å²) in [7, 11) is 0. The van der Waals surface area contributed by atoms with Crippen LogP contribution in [0.15, 0.2) is 18.2 Å². The number of aliphatic hydroxyl groups excluding tert-OH is 4. The molecule has 0 spiro atoms. The lowest BCUT2D eigenvalue weighted by Gasteiger charge is -2.39. The molecule has 7 heteroatoms. The van der Waals surface area contributed by atoms with Gasteiger partial charge in [0.1, 0.15) is 24.4 Å². The molecule has 0 amide bonds. The van der Waals surface area contributed by atoms with E-state index >= 15 is 0 Å². The van der Waals surface area contributed by atoms with Crippen LogP contribution in [0.3, 0.4) is 0 Å². The van der Waals surface area contributed by atoms with Crippen molar-refractivity contribution in [2.75, 3.05) is 6.61 Å². The Morgan fingerprint density at radius 1 is 0.765 bits per heavy atom. The molecule has 2 rings (SSSR count). The highest BCUT2D eigenvalue weighted by Gasteiger charge is 2.44. The molecule has 0 unspecified atom stereocenters. The van der Waals surface area contributed by atoms with E-state index in [1.807, 2.05) is 6.07 Å². The molecule has 1 aliphatic heterocycles. The fraction of sp³-hybridized carbons (Fsp3) is 0.778. The minimum Gasteiger partial charge on any atom is -0.504 e. The second-order valence-electron chi connectivity index (χ2n) is 9.57. The van der Waals surface area contributed by atoms with Crippen molar-refractivity contribution in [1.82, 2.24) is 0 Å². The normalized spacial score (nSPS) is 24.9. The van der Waals surface area contributed by atoms with Crippen molar-refractivity contribution in [2.45, 2.75) is 128 Å². The zero-order valence-electron chi connectivity index (χ0n) is 20.8. The predicted molar refractivity (Wildman–Crippen MR) is 132 cm³/mol. The molecular weight excluding hydrogens is 436 g/mol. The Labute approximate surface area is 204 Å². The monoisotopic (exact) mass is 482 g/mol. The largest absolute Gasteiger partial charge is 0.504 e. The minimum absolute atomic E-state index is 0.0154. The standard InChI is InChI=1S/C27H46O7/c1-2-3-4-5-6-7-8-9-10-11-12-13-14-16-20-17-15-18-21(23(20)29)33-27-26(32)25(31)24(30)22(19-28)34-27/h15,17-18,22,24-32H,2-14,16,19H2,1H3/t22-,24-,25+,26-,27-/m1/s1. The Kier molecular flexibility index (Phi) is 13.9. The van der Waals surface area contributed by atoms with Crippen molar-refractivity contribution in [3.05, 3.63) is 23.8 Å². The number of para-hydroxylation sites is 1. The van der Waals surface area contributed by atoms with Gasteiger partial charge in [-0.1, -0.05) is 96.1 Å². The quantitative estimate of drug-likeness (QED) is 0.211. The van der Waals surface area contributed by atoms with E-state index in [-0.39, 0.29) is 11.5 Å². The van der Waals surface area contributed by atoms with E-state index in [0.717, 1.165) is 24.8 Å². The van der Waals surface area contributed by atoms with Crippen LogP contribution in [-0.2, 0) is 11.2 Å². The lowest BCUT2D eigenvalue weighted by atomic mass is 9.99. The molecule has 0 aromatic heterocycles. The number of phenols is 1. The van der Waals surface area contributed by atoms with Crippen LogP contribution in [0.4, 0.5) is 0 Å². The number of aliphatic hydroxyl groups is 4. The lowest BCUT2D eigenvalue weighted by Crippen LogP contribution is -2.60. The van der Waals surface area contributed by atoms with E-state index in [0.29, 0.717) is 0 Å². The number of phenolic OH excluding ortho intramolecular Hbond substituents is 1. The Hall–Kier alpha value is -1.38. The van der Waals surface area contributed by atoms with Crippen molar-refractivity contribution in [3.8, 4) is 11.5 Å². The van der Waals surface area contributed by atoms with Gasteiger partial charge in [-0.15, -0.1) is 0 Å². The summed E-state index contributed by atoms with van der Waals surface area (Å²) in [6, 6.07) is 5.16. The van der Waals surface area contributed by atoms with E-state index < -0.39 is 37.3 Å². The maximum absolute atomic E-state index is 10.6. The highest BCUT2D eigenvalue weighted by molar-refractivity contribution is 5.45. The van der Waals surface area contributed by atoms with Gasteiger partial charge in [-0.25, -0.2) is 0 Å². The van der Waals surface area contributed by atoms with Crippen LogP contribution in [0.25, 0.3) is 0 Å². The average molecular weight is 483 g/mol. The molecule has 1 aliphatic rings. The second kappa shape index (κ2) is 16.3. The number of ether oxygens (including phenoxy) is 2. The average Bonchev–Trinajstić information content (AvgIpc) is 2.84. The SMILES string of the molecule is CCCCCCCCCCCCCCCc1cccc(O[C@@H]2O[C@H](CO)[C@@H](O)[C@H](O)[C@H]2O)c1O. The summed E-state index contributed by atoms with van der Waals surface area (Å²) >= 11 is 0. The van der Waals surface area contributed by atoms with Gasteiger partial charge in [0.15, 0.2) is 11.5 Å². The highest BCUT2D eigenvalue weighted by Crippen LogP contribution is 2.34. The molecule has 1 fully saturated rings. The molecule has 5 atom stereocenters. The van der Waals surface area contributed by atoms with E-state index in [1.165, 1.54) is 70.6 Å². The van der Waals surface area contributed by atoms with E-state index in [9.17, 15) is 25.5 Å². The van der Waals surface area contributed by atoms with Gasteiger partial charge in [0, 0.05) is 0 Å². The first-order valence-corrected chi connectivity index (χ1v) is 13.3. The minimum atomic E-state index is -1.52. The maximum Gasteiger partial charge on any atom is 0.229 e. The third-order valence-corrected chi connectivity index (χ3v) is 6.72. The first-order valence-electron chi connectivity index (χ1n) is 13.3. The second-order valence-corrected chi connectivity index (χ2v) is 9.57. The Morgan fingerprint density at radius 3 is 1.88 bits per heavy atom. The molecule has 1 heterocycles. The summed E-state index contributed by atoms with van der Waals surface area (Å²) in [5, 5.41) is 49.9. The summed E-state index contributed by atoms with van der Waals surface area (Å²) in [6.45, 7) is 1.72. The van der Waals surface area contributed by atoms with Gasteiger partial charge >= 0.3 is 0 Å². The van der Waals surface area contributed by atoms with Gasteiger partial charge < -0.3 is 35.0 Å². The van der Waals surface area contributed by atoms with Gasteiger partial charge in [0.05, 0.1) is 6.61 Å². The summed E-state index contributed by atoms with van der Waals surface area (Å²) in [5.74, 6) is 0.120. The van der Waals surface area contributed by atoms with Crippen LogP contribution in [0.2, 0.25) is 0 Å². The van der Waals surface area contributed by atoms with E-state index in [2.05, 4.69) is 6.92 Å². The number of unbranched alkanes of at least 4 members (excludes halogenated alkanes) is 12. The number of aromatic hydroxyl groups is 1. The number of rotatable bonds is 17. The molecule has 196 valence electrons. The van der Waals surface area contributed by atoms with Crippen LogP contribution >= 0.6 is 0 Å². The number of aryl methyl sites for hydroxylation is 1. The van der Waals surface area contributed by atoms with Crippen LogP contribution < -0.4 is 4.74 Å². The summed E-state index contributed by atoms with van der Waals surface area (Å²) in [4.78, 5) is 0. The van der Waals surface area contributed by atoms with Gasteiger partial charge in [-0.3, -0.25) is 0 Å².